The van der Waals surface area contributed by atoms with Crippen LogP contribution in [0, 0.1) is 28.1 Å². The maximum Gasteiger partial charge on any atom is 0.178 e. The van der Waals surface area contributed by atoms with Gasteiger partial charge in [0.2, 0.25) is 0 Å². The molecule has 1 fully saturated rings. The molecule has 0 radical (unpaired) electrons. The summed E-state index contributed by atoms with van der Waals surface area (Å²) in [5, 5.41) is 9.17. The lowest BCUT2D eigenvalue weighted by Crippen LogP contribution is -2.46. The Hall–Kier alpha value is -1.14. The van der Waals surface area contributed by atoms with Crippen molar-refractivity contribution in [2.75, 3.05) is 20.1 Å². The third-order valence-electron chi connectivity index (χ3n) is 4.92. The number of Topliss-reactive ketones (excluding diaryl/α,β-unsaturated/α-hetero) is 1. The number of nitriles is 1. The molecule has 2 aliphatic rings. The second kappa shape index (κ2) is 4.20. The first kappa shape index (κ1) is 13.3. The van der Waals surface area contributed by atoms with E-state index in [1.54, 1.807) is 0 Å². The fraction of sp³-hybridized carbons (Fsp3) is 0.733. The van der Waals surface area contributed by atoms with E-state index in [0.29, 0.717) is 11.5 Å². The molecule has 0 spiro atoms. The number of likely N-dealkylation sites (tertiary alicyclic amines) is 1. The van der Waals surface area contributed by atoms with E-state index in [9.17, 15) is 10.1 Å². The highest BCUT2D eigenvalue weighted by molar-refractivity contribution is 6.04. The Morgan fingerprint density at radius 2 is 2.06 bits per heavy atom. The first-order valence-electron chi connectivity index (χ1n) is 6.67. The maximum absolute atomic E-state index is 12.4. The molecule has 18 heavy (non-hydrogen) atoms. The van der Waals surface area contributed by atoms with Gasteiger partial charge in [0, 0.05) is 5.41 Å². The molecule has 0 unspecified atom stereocenters. The number of nitrogens with zero attached hydrogens (tertiary/aromatic N) is 2. The van der Waals surface area contributed by atoms with Gasteiger partial charge in [-0.1, -0.05) is 26.8 Å². The number of allylic oxidation sites excluding steroid dienone is 2. The quantitative estimate of drug-likeness (QED) is 0.659. The molecule has 2 rings (SSSR count). The largest absolute Gasteiger partial charge is 0.306 e. The smallest absolute Gasteiger partial charge is 0.178 e. The molecule has 1 aliphatic carbocycles. The molecule has 0 N–H and O–H groups in total. The number of hydrogen-bond donors (Lipinski definition) is 0. The number of carbonyl (C=O) groups is 1. The number of carbonyl (C=O) groups excluding carboxylic acids is 1. The zero-order valence-corrected chi connectivity index (χ0v) is 11.8. The highest BCUT2D eigenvalue weighted by Gasteiger charge is 2.51. The van der Waals surface area contributed by atoms with Gasteiger partial charge in [-0.15, -0.1) is 0 Å². The Morgan fingerprint density at radius 1 is 1.39 bits per heavy atom. The van der Waals surface area contributed by atoms with Gasteiger partial charge in [-0.2, -0.15) is 5.26 Å². The summed E-state index contributed by atoms with van der Waals surface area (Å²) in [5.41, 5.74) is -0.0734. The Bertz CT molecular complexity index is 444. The minimum absolute atomic E-state index is 0.0206. The Kier molecular flexibility index (Phi) is 3.11. The van der Waals surface area contributed by atoms with Crippen molar-refractivity contribution in [2.45, 2.75) is 33.6 Å². The molecule has 0 aromatic rings. The summed E-state index contributed by atoms with van der Waals surface area (Å²) in [4.78, 5) is 14.7. The van der Waals surface area contributed by atoms with E-state index >= 15 is 0 Å². The second-order valence-electron chi connectivity index (χ2n) is 6.62. The van der Waals surface area contributed by atoms with Crippen LogP contribution in [0.1, 0.15) is 33.6 Å². The molecule has 2 atom stereocenters. The number of ketones is 1. The molecule has 1 saturated heterocycles. The normalized spacial score (nSPS) is 36.3. The van der Waals surface area contributed by atoms with Gasteiger partial charge >= 0.3 is 0 Å². The minimum atomic E-state index is -0.417. The van der Waals surface area contributed by atoms with Gasteiger partial charge in [-0.3, -0.25) is 4.79 Å². The van der Waals surface area contributed by atoms with Crippen molar-refractivity contribution in [2.24, 2.45) is 16.7 Å². The van der Waals surface area contributed by atoms with Crippen LogP contribution in [0.3, 0.4) is 0 Å². The lowest BCUT2D eigenvalue weighted by Gasteiger charge is -2.46. The molecule has 1 aliphatic heterocycles. The summed E-state index contributed by atoms with van der Waals surface area (Å²) < 4.78 is 0. The first-order valence-corrected chi connectivity index (χ1v) is 6.67. The summed E-state index contributed by atoms with van der Waals surface area (Å²) in [6.45, 7) is 8.29. The molecule has 3 heteroatoms. The van der Waals surface area contributed by atoms with Crippen molar-refractivity contribution in [1.29, 1.82) is 5.26 Å². The molecule has 0 saturated carbocycles. The van der Waals surface area contributed by atoms with Crippen LogP contribution in [0.2, 0.25) is 0 Å². The average Bonchev–Trinajstić information content (AvgIpc) is 2.45. The van der Waals surface area contributed by atoms with Crippen LogP contribution in [0.4, 0.5) is 0 Å². The van der Waals surface area contributed by atoms with Gasteiger partial charge in [-0.05, 0) is 44.3 Å². The molecule has 0 amide bonds. The van der Waals surface area contributed by atoms with E-state index in [4.69, 9.17) is 0 Å². The van der Waals surface area contributed by atoms with Crippen LogP contribution in [0.15, 0.2) is 11.6 Å². The topological polar surface area (TPSA) is 44.1 Å². The Morgan fingerprint density at radius 3 is 2.67 bits per heavy atom. The summed E-state index contributed by atoms with van der Waals surface area (Å²) in [6.07, 6.45) is 4.00. The summed E-state index contributed by atoms with van der Waals surface area (Å²) >= 11 is 0. The summed E-state index contributed by atoms with van der Waals surface area (Å²) in [5.74, 6) is 0.358. The number of fused-ring (bicyclic) bond motifs is 1. The zero-order valence-electron chi connectivity index (χ0n) is 11.8. The third-order valence-corrected chi connectivity index (χ3v) is 4.92. The van der Waals surface area contributed by atoms with E-state index in [2.05, 4.69) is 24.9 Å². The summed E-state index contributed by atoms with van der Waals surface area (Å²) in [6, 6.07) is 2.10. The predicted molar refractivity (Wildman–Crippen MR) is 70.8 cm³/mol. The van der Waals surface area contributed by atoms with E-state index in [0.717, 1.165) is 25.9 Å². The first-order chi connectivity index (χ1) is 8.31. The molecular formula is C15H22N2O. The van der Waals surface area contributed by atoms with Crippen LogP contribution < -0.4 is 0 Å². The van der Waals surface area contributed by atoms with Gasteiger partial charge < -0.3 is 4.90 Å². The van der Waals surface area contributed by atoms with E-state index < -0.39 is 5.41 Å². The van der Waals surface area contributed by atoms with Crippen LogP contribution in [0.5, 0.6) is 0 Å². The van der Waals surface area contributed by atoms with Gasteiger partial charge in [0.25, 0.3) is 0 Å². The van der Waals surface area contributed by atoms with E-state index in [1.165, 1.54) is 0 Å². The van der Waals surface area contributed by atoms with Crippen LogP contribution in [-0.2, 0) is 4.79 Å². The molecule has 3 nitrogen and oxygen atoms in total. The zero-order chi connectivity index (χ0) is 13.6. The van der Waals surface area contributed by atoms with Gasteiger partial charge in [0.1, 0.15) is 6.07 Å². The van der Waals surface area contributed by atoms with Crippen LogP contribution in [-0.4, -0.2) is 30.8 Å². The fourth-order valence-electron chi connectivity index (χ4n) is 3.74. The Labute approximate surface area is 109 Å². The lowest BCUT2D eigenvalue weighted by molar-refractivity contribution is -0.129. The standard InChI is InChI=1S/C15H22N2O/c1-14(2)12-5-7-17(4)8-6-15(12,3)9-11(10-16)13(14)18/h9,12H,5-8H2,1-4H3/t12-,15-/m1/s1. The number of rotatable bonds is 0. The highest BCUT2D eigenvalue weighted by Crippen LogP contribution is 2.52. The van der Waals surface area contributed by atoms with E-state index in [-0.39, 0.29) is 11.2 Å². The second-order valence-corrected chi connectivity index (χ2v) is 6.62. The Balaban J connectivity index is 2.50. The maximum atomic E-state index is 12.4. The molecule has 0 aromatic heterocycles. The SMILES string of the molecule is CN1CC[C@@H]2C(C)(C)C(=O)C(C#N)=C[C@@]2(C)CC1. The van der Waals surface area contributed by atoms with Crippen molar-refractivity contribution in [3.05, 3.63) is 11.6 Å². The number of hydrogen-bond acceptors (Lipinski definition) is 3. The fourth-order valence-corrected chi connectivity index (χ4v) is 3.74. The molecule has 1 heterocycles. The van der Waals surface area contributed by atoms with Crippen molar-refractivity contribution in [3.8, 4) is 6.07 Å². The van der Waals surface area contributed by atoms with Gasteiger partial charge in [0.05, 0.1) is 5.57 Å². The van der Waals surface area contributed by atoms with Crippen molar-refractivity contribution in [1.82, 2.24) is 4.90 Å². The third kappa shape index (κ3) is 1.89. The molecule has 0 bridgehead atoms. The van der Waals surface area contributed by atoms with Crippen LogP contribution in [0.25, 0.3) is 0 Å². The van der Waals surface area contributed by atoms with E-state index in [1.807, 2.05) is 19.9 Å². The summed E-state index contributed by atoms with van der Waals surface area (Å²) in [7, 11) is 2.13. The predicted octanol–water partition coefficient (Wildman–Crippen LogP) is 2.39. The minimum Gasteiger partial charge on any atom is -0.306 e. The molecular weight excluding hydrogens is 224 g/mol. The lowest BCUT2D eigenvalue weighted by atomic mass is 9.55. The molecule has 98 valence electrons. The van der Waals surface area contributed by atoms with Gasteiger partial charge in [-0.25, -0.2) is 0 Å². The van der Waals surface area contributed by atoms with Gasteiger partial charge in [0.15, 0.2) is 5.78 Å². The average molecular weight is 246 g/mol. The monoisotopic (exact) mass is 246 g/mol. The van der Waals surface area contributed by atoms with Crippen molar-refractivity contribution >= 4 is 5.78 Å². The van der Waals surface area contributed by atoms with Crippen molar-refractivity contribution < 1.29 is 4.79 Å². The van der Waals surface area contributed by atoms with Crippen LogP contribution >= 0.6 is 0 Å². The highest BCUT2D eigenvalue weighted by atomic mass is 16.1. The van der Waals surface area contributed by atoms with Crippen molar-refractivity contribution in [3.63, 3.8) is 0 Å². The molecule has 0 aromatic carbocycles.